The fourth-order valence-electron chi connectivity index (χ4n) is 2.59. The molecule has 0 spiro atoms. The van der Waals surface area contributed by atoms with E-state index >= 15 is 0 Å². The van der Waals surface area contributed by atoms with Gasteiger partial charge in [0.1, 0.15) is 5.65 Å². The molecule has 2 aromatic rings. The molecule has 1 amide bonds. The van der Waals surface area contributed by atoms with E-state index in [0.29, 0.717) is 11.6 Å². The van der Waals surface area contributed by atoms with Crippen LogP contribution in [0.1, 0.15) is 30.1 Å². The lowest BCUT2D eigenvalue weighted by Gasteiger charge is -2.28. The summed E-state index contributed by atoms with van der Waals surface area (Å²) >= 11 is 0. The number of pyridine rings is 1. The number of carbonyl (C=O) groups is 1. The van der Waals surface area contributed by atoms with Gasteiger partial charge in [-0.15, -0.1) is 0 Å². The Kier molecular flexibility index (Phi) is 3.21. The summed E-state index contributed by atoms with van der Waals surface area (Å²) in [5, 5.41) is 6.49. The average molecular weight is 258 g/mol. The zero-order valence-corrected chi connectivity index (χ0v) is 11.0. The number of hydrogen-bond donors (Lipinski definition) is 2. The zero-order valence-electron chi connectivity index (χ0n) is 11.0. The summed E-state index contributed by atoms with van der Waals surface area (Å²) in [6, 6.07) is 4.42. The zero-order chi connectivity index (χ0) is 13.2. The second kappa shape index (κ2) is 5.01. The maximum absolute atomic E-state index is 12.2. The number of hydrogen-bond acceptors (Lipinski definition) is 3. The molecular weight excluding hydrogens is 240 g/mol. The lowest BCUT2D eigenvalue weighted by atomic mass is 10.0. The first-order chi connectivity index (χ1) is 9.22. The molecule has 5 heteroatoms. The molecule has 2 unspecified atom stereocenters. The lowest BCUT2D eigenvalue weighted by Crippen LogP contribution is -2.46. The Bertz CT molecular complexity index is 592. The van der Waals surface area contributed by atoms with Crippen molar-refractivity contribution in [3.8, 4) is 0 Å². The third kappa shape index (κ3) is 2.61. The fourth-order valence-corrected chi connectivity index (χ4v) is 2.59. The van der Waals surface area contributed by atoms with Crippen LogP contribution >= 0.6 is 0 Å². The minimum atomic E-state index is -0.00491. The van der Waals surface area contributed by atoms with Crippen LogP contribution in [0.3, 0.4) is 0 Å². The molecular formula is C14H18N4O. The predicted molar refractivity (Wildman–Crippen MR) is 73.1 cm³/mol. The van der Waals surface area contributed by atoms with Crippen LogP contribution < -0.4 is 10.6 Å². The molecule has 1 aliphatic rings. The van der Waals surface area contributed by atoms with Gasteiger partial charge < -0.3 is 15.0 Å². The SMILES string of the molecule is CC1CC(NC(=O)c2ccc3nccn3c2)CCN1. The highest BCUT2D eigenvalue weighted by atomic mass is 16.1. The summed E-state index contributed by atoms with van der Waals surface area (Å²) in [6.07, 6.45) is 7.37. The highest BCUT2D eigenvalue weighted by Gasteiger charge is 2.20. The van der Waals surface area contributed by atoms with Crippen molar-refractivity contribution in [1.82, 2.24) is 20.0 Å². The van der Waals surface area contributed by atoms with E-state index in [1.54, 1.807) is 6.20 Å². The van der Waals surface area contributed by atoms with Gasteiger partial charge in [0.15, 0.2) is 0 Å². The molecule has 1 aliphatic heterocycles. The van der Waals surface area contributed by atoms with Gasteiger partial charge in [-0.3, -0.25) is 4.79 Å². The van der Waals surface area contributed by atoms with Crippen molar-refractivity contribution in [3.05, 3.63) is 36.3 Å². The van der Waals surface area contributed by atoms with Crippen LogP contribution in [0.25, 0.3) is 5.65 Å². The van der Waals surface area contributed by atoms with Gasteiger partial charge in [-0.05, 0) is 38.4 Å². The first-order valence-corrected chi connectivity index (χ1v) is 6.69. The van der Waals surface area contributed by atoms with E-state index in [1.807, 2.05) is 28.9 Å². The van der Waals surface area contributed by atoms with Crippen molar-refractivity contribution in [2.75, 3.05) is 6.54 Å². The van der Waals surface area contributed by atoms with Gasteiger partial charge in [0.05, 0.1) is 5.56 Å². The molecule has 0 aliphatic carbocycles. The Hall–Kier alpha value is -1.88. The first kappa shape index (κ1) is 12.2. The Morgan fingerprint density at radius 1 is 1.53 bits per heavy atom. The Balaban J connectivity index is 1.72. The molecule has 100 valence electrons. The molecule has 3 rings (SSSR count). The highest BCUT2D eigenvalue weighted by Crippen LogP contribution is 2.10. The second-order valence-corrected chi connectivity index (χ2v) is 5.16. The van der Waals surface area contributed by atoms with E-state index in [0.717, 1.165) is 25.0 Å². The van der Waals surface area contributed by atoms with Gasteiger partial charge >= 0.3 is 0 Å². The molecule has 5 nitrogen and oxygen atoms in total. The fraction of sp³-hybridized carbons (Fsp3) is 0.429. The van der Waals surface area contributed by atoms with E-state index in [1.165, 1.54) is 0 Å². The van der Waals surface area contributed by atoms with Crippen molar-refractivity contribution in [2.45, 2.75) is 31.8 Å². The van der Waals surface area contributed by atoms with Crippen LogP contribution in [0.15, 0.2) is 30.7 Å². The van der Waals surface area contributed by atoms with Gasteiger partial charge in [0.2, 0.25) is 0 Å². The molecule has 19 heavy (non-hydrogen) atoms. The number of piperidine rings is 1. The number of imidazole rings is 1. The molecule has 0 aromatic carbocycles. The molecule has 1 fully saturated rings. The summed E-state index contributed by atoms with van der Waals surface area (Å²) in [4.78, 5) is 16.4. The minimum Gasteiger partial charge on any atom is -0.349 e. The number of aromatic nitrogens is 2. The van der Waals surface area contributed by atoms with E-state index in [2.05, 4.69) is 22.5 Å². The predicted octanol–water partition coefficient (Wildman–Crippen LogP) is 1.20. The van der Waals surface area contributed by atoms with Crippen LogP contribution in [-0.2, 0) is 0 Å². The normalized spacial score (nSPS) is 23.4. The summed E-state index contributed by atoms with van der Waals surface area (Å²) in [7, 11) is 0. The summed E-state index contributed by atoms with van der Waals surface area (Å²) in [5.74, 6) is -0.00491. The topological polar surface area (TPSA) is 58.4 Å². The monoisotopic (exact) mass is 258 g/mol. The summed E-state index contributed by atoms with van der Waals surface area (Å²) < 4.78 is 1.86. The molecule has 0 radical (unpaired) electrons. The van der Waals surface area contributed by atoms with Crippen LogP contribution in [0.5, 0.6) is 0 Å². The smallest absolute Gasteiger partial charge is 0.252 e. The van der Waals surface area contributed by atoms with Crippen molar-refractivity contribution in [3.63, 3.8) is 0 Å². The maximum Gasteiger partial charge on any atom is 0.252 e. The largest absolute Gasteiger partial charge is 0.349 e. The molecule has 2 atom stereocenters. The second-order valence-electron chi connectivity index (χ2n) is 5.16. The Labute approximate surface area is 112 Å². The lowest BCUT2D eigenvalue weighted by molar-refractivity contribution is 0.0925. The van der Waals surface area contributed by atoms with E-state index in [-0.39, 0.29) is 11.9 Å². The van der Waals surface area contributed by atoms with Crippen molar-refractivity contribution in [1.29, 1.82) is 0 Å². The number of amides is 1. The number of rotatable bonds is 2. The number of nitrogens with one attached hydrogen (secondary N) is 2. The molecule has 0 bridgehead atoms. The third-order valence-corrected chi connectivity index (χ3v) is 3.61. The van der Waals surface area contributed by atoms with E-state index in [4.69, 9.17) is 0 Å². The quantitative estimate of drug-likeness (QED) is 0.851. The van der Waals surface area contributed by atoms with Crippen molar-refractivity contribution in [2.24, 2.45) is 0 Å². The molecule has 1 saturated heterocycles. The van der Waals surface area contributed by atoms with E-state index < -0.39 is 0 Å². The van der Waals surface area contributed by atoms with Gasteiger partial charge in [-0.2, -0.15) is 0 Å². The van der Waals surface area contributed by atoms with Gasteiger partial charge in [-0.25, -0.2) is 4.98 Å². The van der Waals surface area contributed by atoms with Crippen LogP contribution in [0.4, 0.5) is 0 Å². The van der Waals surface area contributed by atoms with Crippen molar-refractivity contribution >= 4 is 11.6 Å². The summed E-state index contributed by atoms with van der Waals surface area (Å²) in [5.41, 5.74) is 1.53. The number of nitrogens with zero attached hydrogens (tertiary/aromatic N) is 2. The summed E-state index contributed by atoms with van der Waals surface area (Å²) in [6.45, 7) is 3.11. The first-order valence-electron chi connectivity index (χ1n) is 6.69. The van der Waals surface area contributed by atoms with E-state index in [9.17, 15) is 4.79 Å². The minimum absolute atomic E-state index is 0.00491. The highest BCUT2D eigenvalue weighted by molar-refractivity contribution is 5.94. The molecule has 0 saturated carbocycles. The standard InChI is InChI=1S/C14H18N4O/c1-10-8-12(4-5-15-10)17-14(19)11-2-3-13-16-6-7-18(13)9-11/h2-3,6-7,9-10,12,15H,4-5,8H2,1H3,(H,17,19). The molecule has 3 heterocycles. The number of carbonyl (C=O) groups excluding carboxylic acids is 1. The molecule has 2 N–H and O–H groups in total. The number of fused-ring (bicyclic) bond motifs is 1. The van der Waals surface area contributed by atoms with Gasteiger partial charge in [-0.1, -0.05) is 0 Å². The maximum atomic E-state index is 12.2. The van der Waals surface area contributed by atoms with Gasteiger partial charge in [0, 0.05) is 30.7 Å². The van der Waals surface area contributed by atoms with Crippen LogP contribution in [0.2, 0.25) is 0 Å². The average Bonchev–Trinajstić information content (AvgIpc) is 2.85. The Morgan fingerprint density at radius 3 is 3.26 bits per heavy atom. The van der Waals surface area contributed by atoms with Crippen LogP contribution in [-0.4, -0.2) is 33.9 Å². The van der Waals surface area contributed by atoms with Gasteiger partial charge in [0.25, 0.3) is 5.91 Å². The van der Waals surface area contributed by atoms with Crippen molar-refractivity contribution < 1.29 is 4.79 Å². The molecule has 2 aromatic heterocycles. The third-order valence-electron chi connectivity index (χ3n) is 3.61. The van der Waals surface area contributed by atoms with Crippen LogP contribution in [0, 0.1) is 0 Å². The Morgan fingerprint density at radius 2 is 2.42 bits per heavy atom.